The molecule has 0 spiro atoms. The smallest absolute Gasteiger partial charge is 0.404 e. The number of hydrogen-bond acceptors (Lipinski definition) is 7. The van der Waals surface area contributed by atoms with E-state index in [2.05, 4.69) is 15.5 Å². The van der Waals surface area contributed by atoms with E-state index in [1.807, 2.05) is 51.1 Å². The highest BCUT2D eigenvalue weighted by atomic mass is 32.2. The van der Waals surface area contributed by atoms with Gasteiger partial charge in [-0.05, 0) is 76.6 Å². The van der Waals surface area contributed by atoms with E-state index in [-0.39, 0.29) is 40.9 Å². The zero-order valence-electron chi connectivity index (χ0n) is 25.9. The largest absolute Gasteiger partial charge is 0.524 e. The van der Waals surface area contributed by atoms with E-state index in [0.717, 1.165) is 30.7 Å². The Bertz CT molecular complexity index is 1330. The molecular weight excluding hydrogens is 601 g/mol. The van der Waals surface area contributed by atoms with Gasteiger partial charge in [0, 0.05) is 40.4 Å². The van der Waals surface area contributed by atoms with Crippen LogP contribution in [0.1, 0.15) is 68.8 Å². The first-order valence-corrected chi connectivity index (χ1v) is 17.8. The van der Waals surface area contributed by atoms with Crippen LogP contribution >= 0.6 is 19.6 Å². The standard InChI is InChI=1S/C32H46N3O7PS/c1-21-25(15-10-16-29(21)42-43(39,40)41)30(37)33-26(20-44-24-13-6-5-7-14-24)28(36)19-35-18-23-12-9-8-11-22(23)17-27(35)31(38)34-32(2,3)4/h5-7,10,13-16,22-23,26-28,36H,8-9,11-12,17-20H2,1-4H3,(H,33,37)(H,34,38)(H2,39,40,41). The highest BCUT2D eigenvalue weighted by Crippen LogP contribution is 2.40. The van der Waals surface area contributed by atoms with Crippen LogP contribution in [0.2, 0.25) is 0 Å². The summed E-state index contributed by atoms with van der Waals surface area (Å²) in [6.07, 6.45) is 4.35. The first kappa shape index (κ1) is 34.5. The Labute approximate surface area is 264 Å². The third-order valence-corrected chi connectivity index (χ3v) is 9.99. The zero-order valence-corrected chi connectivity index (χ0v) is 27.7. The molecular formula is C32H46N3O7PS. The Hall–Kier alpha value is -2.40. The van der Waals surface area contributed by atoms with Gasteiger partial charge in [0.1, 0.15) is 5.75 Å². The molecule has 1 heterocycles. The second-order valence-corrected chi connectivity index (χ2v) is 15.3. The maximum atomic E-state index is 13.6. The molecule has 44 heavy (non-hydrogen) atoms. The summed E-state index contributed by atoms with van der Waals surface area (Å²) in [5.41, 5.74) is 0.0719. The van der Waals surface area contributed by atoms with Crippen molar-refractivity contribution in [3.05, 3.63) is 59.7 Å². The minimum Gasteiger partial charge on any atom is -0.404 e. The van der Waals surface area contributed by atoms with E-state index in [1.54, 1.807) is 13.0 Å². The van der Waals surface area contributed by atoms with Crippen LogP contribution in [0.4, 0.5) is 0 Å². The van der Waals surface area contributed by atoms with Gasteiger partial charge in [0.2, 0.25) is 5.91 Å². The topological polar surface area (TPSA) is 148 Å². The Kier molecular flexibility index (Phi) is 11.6. The van der Waals surface area contributed by atoms with Crippen molar-refractivity contribution in [3.8, 4) is 5.75 Å². The average molecular weight is 648 g/mol. The van der Waals surface area contributed by atoms with Crippen molar-refractivity contribution in [1.82, 2.24) is 15.5 Å². The van der Waals surface area contributed by atoms with Gasteiger partial charge in [0.05, 0.1) is 18.2 Å². The van der Waals surface area contributed by atoms with Crippen LogP contribution in [0.5, 0.6) is 5.75 Å². The molecule has 1 saturated heterocycles. The van der Waals surface area contributed by atoms with Crippen molar-refractivity contribution >= 4 is 31.4 Å². The Balaban J connectivity index is 1.56. The predicted molar refractivity (Wildman–Crippen MR) is 172 cm³/mol. The summed E-state index contributed by atoms with van der Waals surface area (Å²) in [6, 6.07) is 13.1. The van der Waals surface area contributed by atoms with Gasteiger partial charge in [-0.2, -0.15) is 0 Å². The number of hydrogen-bond donors (Lipinski definition) is 5. The van der Waals surface area contributed by atoms with E-state index in [1.165, 1.54) is 36.7 Å². The number of phosphoric ester groups is 1. The second kappa shape index (κ2) is 14.8. The number of phosphoric acid groups is 1. The van der Waals surface area contributed by atoms with Crippen molar-refractivity contribution in [3.63, 3.8) is 0 Å². The Morgan fingerprint density at radius 2 is 1.75 bits per heavy atom. The first-order chi connectivity index (χ1) is 20.7. The summed E-state index contributed by atoms with van der Waals surface area (Å²) in [4.78, 5) is 48.7. The summed E-state index contributed by atoms with van der Waals surface area (Å²) in [5.74, 6) is 0.705. The molecule has 2 aromatic carbocycles. The number of nitrogens with zero attached hydrogens (tertiary/aromatic N) is 1. The van der Waals surface area contributed by atoms with Gasteiger partial charge < -0.3 is 20.3 Å². The molecule has 1 saturated carbocycles. The minimum absolute atomic E-state index is 0.0366. The van der Waals surface area contributed by atoms with Gasteiger partial charge in [-0.25, -0.2) is 4.57 Å². The number of benzene rings is 2. The fourth-order valence-corrected chi connectivity index (χ4v) is 7.76. The van der Waals surface area contributed by atoms with Gasteiger partial charge in [0.15, 0.2) is 0 Å². The fourth-order valence-electron chi connectivity index (χ4n) is 6.28. The summed E-state index contributed by atoms with van der Waals surface area (Å²) in [5, 5.41) is 17.8. The highest BCUT2D eigenvalue weighted by molar-refractivity contribution is 7.99. The third-order valence-electron chi connectivity index (χ3n) is 8.42. The maximum absolute atomic E-state index is 13.6. The summed E-state index contributed by atoms with van der Waals surface area (Å²) < 4.78 is 16.2. The quantitative estimate of drug-likeness (QED) is 0.175. The lowest BCUT2D eigenvalue weighted by Crippen LogP contribution is -2.60. The normalized spacial score (nSPS) is 22.4. The molecule has 1 aliphatic heterocycles. The number of rotatable bonds is 11. The molecule has 1 aliphatic carbocycles. The SMILES string of the molecule is Cc1c(OP(=O)(O)O)cccc1C(=O)NC(CSc1ccccc1)C(O)CN1CC2CCCCC2CC1C(=O)NC(C)(C)C. The molecule has 5 N–H and O–H groups in total. The van der Waals surface area contributed by atoms with Crippen molar-refractivity contribution in [1.29, 1.82) is 0 Å². The lowest BCUT2D eigenvalue weighted by atomic mass is 9.72. The molecule has 0 radical (unpaired) electrons. The molecule has 5 unspecified atom stereocenters. The van der Waals surface area contributed by atoms with Crippen LogP contribution in [0.25, 0.3) is 0 Å². The molecule has 0 bridgehead atoms. The predicted octanol–water partition coefficient (Wildman–Crippen LogP) is 4.51. The molecule has 2 aromatic rings. The van der Waals surface area contributed by atoms with E-state index >= 15 is 0 Å². The fraction of sp³-hybridized carbons (Fsp3) is 0.562. The number of aliphatic hydroxyl groups excluding tert-OH is 1. The number of carbonyl (C=O) groups excluding carboxylic acids is 2. The maximum Gasteiger partial charge on any atom is 0.524 e. The third kappa shape index (κ3) is 9.80. The monoisotopic (exact) mass is 647 g/mol. The minimum atomic E-state index is -4.82. The molecule has 2 aliphatic rings. The van der Waals surface area contributed by atoms with Crippen molar-refractivity contribution in [2.75, 3.05) is 18.8 Å². The molecule has 10 nitrogen and oxygen atoms in total. The van der Waals surface area contributed by atoms with Gasteiger partial charge in [0.25, 0.3) is 5.91 Å². The number of nitrogens with one attached hydrogen (secondary N) is 2. The number of thioether (sulfide) groups is 1. The second-order valence-electron chi connectivity index (χ2n) is 13.0. The van der Waals surface area contributed by atoms with E-state index in [9.17, 15) is 29.0 Å². The first-order valence-electron chi connectivity index (χ1n) is 15.3. The number of aliphatic hydroxyl groups is 1. The number of β-amino-alcohol motifs (C(OH)–C–C–N with tert-alkyl or cyclic N) is 1. The van der Waals surface area contributed by atoms with E-state index in [4.69, 9.17) is 4.52 Å². The lowest BCUT2D eigenvalue weighted by molar-refractivity contribution is -0.132. The van der Waals surface area contributed by atoms with E-state index in [0.29, 0.717) is 17.6 Å². The van der Waals surface area contributed by atoms with Crippen LogP contribution in [-0.4, -0.2) is 74.2 Å². The number of likely N-dealkylation sites (tertiary alicyclic amines) is 1. The zero-order chi connectivity index (χ0) is 32.1. The molecule has 4 rings (SSSR count). The number of piperidine rings is 1. The molecule has 5 atom stereocenters. The summed E-state index contributed by atoms with van der Waals surface area (Å²) >= 11 is 1.50. The van der Waals surface area contributed by atoms with Gasteiger partial charge in [-0.1, -0.05) is 43.5 Å². The van der Waals surface area contributed by atoms with Crippen LogP contribution < -0.4 is 15.2 Å². The number of fused-ring (bicyclic) bond motifs is 1. The molecule has 0 aromatic heterocycles. The molecule has 2 fully saturated rings. The van der Waals surface area contributed by atoms with Crippen LogP contribution in [0.3, 0.4) is 0 Å². The molecule has 2 amide bonds. The van der Waals surface area contributed by atoms with Gasteiger partial charge in [-0.3, -0.25) is 24.3 Å². The van der Waals surface area contributed by atoms with Crippen LogP contribution in [-0.2, 0) is 9.36 Å². The lowest BCUT2D eigenvalue weighted by Gasteiger charge is -2.47. The summed E-state index contributed by atoms with van der Waals surface area (Å²) in [7, 11) is -4.82. The van der Waals surface area contributed by atoms with Crippen LogP contribution in [0, 0.1) is 18.8 Å². The van der Waals surface area contributed by atoms with E-state index < -0.39 is 25.9 Å². The Morgan fingerprint density at radius 1 is 1.07 bits per heavy atom. The van der Waals surface area contributed by atoms with Crippen LogP contribution in [0.15, 0.2) is 53.4 Å². The number of amides is 2. The highest BCUT2D eigenvalue weighted by Gasteiger charge is 2.42. The van der Waals surface area contributed by atoms with Crippen molar-refractivity contribution in [2.45, 2.75) is 88.4 Å². The molecule has 12 heteroatoms. The number of carbonyl (C=O) groups is 2. The average Bonchev–Trinajstić information content (AvgIpc) is 2.94. The summed E-state index contributed by atoms with van der Waals surface area (Å²) in [6.45, 7) is 8.38. The Morgan fingerprint density at radius 3 is 2.41 bits per heavy atom. The van der Waals surface area contributed by atoms with Crippen molar-refractivity contribution < 1.29 is 33.6 Å². The van der Waals surface area contributed by atoms with Crippen molar-refractivity contribution in [2.24, 2.45) is 11.8 Å². The van der Waals surface area contributed by atoms with Gasteiger partial charge in [-0.15, -0.1) is 11.8 Å². The van der Waals surface area contributed by atoms with Gasteiger partial charge >= 0.3 is 7.82 Å². The molecule has 242 valence electrons.